The number of nitrogens with one attached hydrogen (secondary N) is 1. The summed E-state index contributed by atoms with van der Waals surface area (Å²) < 4.78 is 6.88. The molecule has 0 saturated carbocycles. The molecule has 0 aliphatic carbocycles. The van der Waals surface area contributed by atoms with Crippen molar-refractivity contribution in [3.63, 3.8) is 0 Å². The minimum absolute atomic E-state index is 0.0576. The summed E-state index contributed by atoms with van der Waals surface area (Å²) in [4.78, 5) is 12.0. The molecule has 0 bridgehead atoms. The van der Waals surface area contributed by atoms with Crippen molar-refractivity contribution in [2.24, 2.45) is 5.10 Å². The van der Waals surface area contributed by atoms with Gasteiger partial charge in [0.1, 0.15) is 0 Å². The van der Waals surface area contributed by atoms with Gasteiger partial charge in [0.2, 0.25) is 0 Å². The van der Waals surface area contributed by atoms with Crippen molar-refractivity contribution < 1.29 is 14.6 Å². The van der Waals surface area contributed by atoms with Gasteiger partial charge in [0.05, 0.1) is 18.6 Å². The topological polar surface area (TPSA) is 96.7 Å². The summed E-state index contributed by atoms with van der Waals surface area (Å²) in [5.41, 5.74) is 4.32. The molecule has 31 heavy (non-hydrogen) atoms. The van der Waals surface area contributed by atoms with Crippen LogP contribution in [0.3, 0.4) is 0 Å². The summed E-state index contributed by atoms with van der Waals surface area (Å²) >= 11 is 10.2. The summed E-state index contributed by atoms with van der Waals surface area (Å²) in [6.07, 6.45) is 1.49. The number of hydrogen-bond donors (Lipinski definition) is 2. The van der Waals surface area contributed by atoms with Crippen LogP contribution in [0.1, 0.15) is 18.1 Å². The third-order valence-electron chi connectivity index (χ3n) is 3.68. The first kappa shape index (κ1) is 23.4. The van der Waals surface area contributed by atoms with Crippen LogP contribution in [0.4, 0.5) is 0 Å². The number of carbonyl (C=O) groups is 1. The van der Waals surface area contributed by atoms with Gasteiger partial charge in [0.25, 0.3) is 5.91 Å². The molecule has 7 nitrogen and oxygen atoms in total. The molecule has 3 rings (SSSR count). The lowest BCUT2D eigenvalue weighted by molar-refractivity contribution is -0.118. The summed E-state index contributed by atoms with van der Waals surface area (Å²) in [7, 11) is 0. The number of amides is 1. The number of aromatic nitrogens is 2. The van der Waals surface area contributed by atoms with E-state index in [1.807, 2.05) is 31.2 Å². The largest absolute Gasteiger partial charge is 0.504 e. The van der Waals surface area contributed by atoms with Gasteiger partial charge >= 0.3 is 0 Å². The third kappa shape index (κ3) is 7.73. The van der Waals surface area contributed by atoms with E-state index in [9.17, 15) is 9.90 Å². The van der Waals surface area contributed by atoms with Crippen LogP contribution in [-0.2, 0) is 10.5 Å². The maximum Gasteiger partial charge on any atom is 0.250 e. The molecular weight excluding hydrogens is 476 g/mol. The minimum Gasteiger partial charge on any atom is -0.504 e. The first-order valence-corrected chi connectivity index (χ1v) is 12.3. The molecule has 0 spiro atoms. The Bertz CT molecular complexity index is 1040. The van der Waals surface area contributed by atoms with E-state index in [-0.39, 0.29) is 17.4 Å². The molecule has 0 saturated heterocycles. The summed E-state index contributed by atoms with van der Waals surface area (Å²) in [6.45, 7) is 2.27. The summed E-state index contributed by atoms with van der Waals surface area (Å²) in [5, 5.41) is 22.6. The zero-order valence-electron chi connectivity index (χ0n) is 16.4. The smallest absolute Gasteiger partial charge is 0.250 e. The molecule has 0 radical (unpaired) electrons. The Morgan fingerprint density at radius 2 is 1.97 bits per heavy atom. The molecule has 0 aliphatic heterocycles. The molecule has 0 aliphatic rings. The molecule has 2 N–H and O–H groups in total. The number of benzene rings is 2. The molecule has 11 heteroatoms. The molecular formula is C20H19ClN4O3S3. The van der Waals surface area contributed by atoms with Gasteiger partial charge in [-0.3, -0.25) is 4.79 Å². The number of phenols is 1. The molecule has 0 fully saturated rings. The molecule has 2 aromatic carbocycles. The van der Waals surface area contributed by atoms with Crippen LogP contribution in [0, 0.1) is 0 Å². The lowest BCUT2D eigenvalue weighted by atomic mass is 10.2. The standard InChI is InChI=1S/C20H19ClN4O3S3/c1-2-28-17-9-14(5-8-16(17)26)10-22-23-18(27)12-30-20-25-24-19(31-20)29-11-13-3-6-15(21)7-4-13/h3-10,26H,2,11-12H2,1H3,(H,23,27)/b22-10+. The van der Waals surface area contributed by atoms with Gasteiger partial charge < -0.3 is 9.84 Å². The second kappa shape index (κ2) is 11.9. The van der Waals surface area contributed by atoms with Crippen LogP contribution in [0.2, 0.25) is 5.02 Å². The fraction of sp³-hybridized carbons (Fsp3) is 0.200. The van der Waals surface area contributed by atoms with Crippen LogP contribution in [0.25, 0.3) is 0 Å². The monoisotopic (exact) mass is 494 g/mol. The molecule has 1 amide bonds. The van der Waals surface area contributed by atoms with Gasteiger partial charge in [-0.05, 0) is 48.4 Å². The predicted molar refractivity (Wildman–Crippen MR) is 127 cm³/mol. The number of phenolic OH excluding ortho intramolecular Hbond substituents is 1. The SMILES string of the molecule is CCOc1cc(/C=N/NC(=O)CSc2nnc(SCc3ccc(Cl)cc3)s2)ccc1O. The predicted octanol–water partition coefficient (Wildman–Crippen LogP) is 4.83. The highest BCUT2D eigenvalue weighted by molar-refractivity contribution is 8.03. The van der Waals surface area contributed by atoms with Gasteiger partial charge in [-0.15, -0.1) is 10.2 Å². The second-order valence-electron chi connectivity index (χ2n) is 5.99. The van der Waals surface area contributed by atoms with E-state index >= 15 is 0 Å². The lowest BCUT2D eigenvalue weighted by Gasteiger charge is -2.05. The lowest BCUT2D eigenvalue weighted by Crippen LogP contribution is -2.19. The van der Waals surface area contributed by atoms with Crippen molar-refractivity contribution in [1.82, 2.24) is 15.6 Å². The van der Waals surface area contributed by atoms with Gasteiger partial charge in [-0.25, -0.2) is 5.43 Å². The van der Waals surface area contributed by atoms with Gasteiger partial charge in [-0.2, -0.15) is 5.10 Å². The first-order chi connectivity index (χ1) is 15.0. The Hall–Kier alpha value is -2.27. The van der Waals surface area contributed by atoms with Gasteiger partial charge in [-0.1, -0.05) is 58.6 Å². The number of halogens is 1. The second-order valence-corrected chi connectivity index (χ2v) is 9.85. The number of hydrazone groups is 1. The van der Waals surface area contributed by atoms with Crippen molar-refractivity contribution >= 4 is 58.6 Å². The molecule has 162 valence electrons. The average molecular weight is 495 g/mol. The number of rotatable bonds is 10. The number of ether oxygens (including phenoxy) is 1. The Kier molecular flexibility index (Phi) is 9.01. The van der Waals surface area contributed by atoms with Gasteiger partial charge in [0, 0.05) is 10.8 Å². The zero-order chi connectivity index (χ0) is 22.1. The first-order valence-electron chi connectivity index (χ1n) is 9.14. The fourth-order valence-corrected chi connectivity index (χ4v) is 5.15. The van der Waals surface area contributed by atoms with E-state index in [1.165, 1.54) is 35.4 Å². The van der Waals surface area contributed by atoms with Crippen LogP contribution in [-0.4, -0.2) is 39.8 Å². The Balaban J connectivity index is 1.42. The third-order valence-corrected chi connectivity index (χ3v) is 7.19. The normalized spacial score (nSPS) is 11.0. The summed E-state index contributed by atoms with van der Waals surface area (Å²) in [5.74, 6) is 1.12. The maximum absolute atomic E-state index is 12.0. The van der Waals surface area contributed by atoms with Crippen LogP contribution in [0.5, 0.6) is 11.5 Å². The Labute approximate surface area is 197 Å². The van der Waals surface area contributed by atoms with Crippen molar-refractivity contribution in [1.29, 1.82) is 0 Å². The highest BCUT2D eigenvalue weighted by Gasteiger charge is 2.09. The minimum atomic E-state index is -0.254. The number of thioether (sulfide) groups is 2. The highest BCUT2D eigenvalue weighted by atomic mass is 35.5. The van der Waals surface area contributed by atoms with Crippen molar-refractivity contribution in [3.8, 4) is 11.5 Å². The summed E-state index contributed by atoms with van der Waals surface area (Å²) in [6, 6.07) is 12.5. The van der Waals surface area contributed by atoms with Crippen molar-refractivity contribution in [2.45, 2.75) is 21.4 Å². The van der Waals surface area contributed by atoms with E-state index in [0.717, 1.165) is 20.0 Å². The maximum atomic E-state index is 12.0. The molecule has 1 heterocycles. The van der Waals surface area contributed by atoms with E-state index in [2.05, 4.69) is 20.7 Å². The van der Waals surface area contributed by atoms with E-state index < -0.39 is 0 Å². The van der Waals surface area contributed by atoms with Crippen molar-refractivity contribution in [3.05, 3.63) is 58.6 Å². The highest BCUT2D eigenvalue weighted by Crippen LogP contribution is 2.31. The number of aromatic hydroxyl groups is 1. The molecule has 3 aromatic rings. The molecule has 0 unspecified atom stereocenters. The van der Waals surface area contributed by atoms with E-state index in [4.69, 9.17) is 16.3 Å². The van der Waals surface area contributed by atoms with Gasteiger partial charge in [0.15, 0.2) is 20.2 Å². The number of hydrogen-bond acceptors (Lipinski definition) is 9. The molecule has 1 aromatic heterocycles. The Morgan fingerprint density at radius 3 is 2.71 bits per heavy atom. The van der Waals surface area contributed by atoms with E-state index in [1.54, 1.807) is 23.9 Å². The Morgan fingerprint density at radius 1 is 1.23 bits per heavy atom. The zero-order valence-corrected chi connectivity index (χ0v) is 19.7. The quantitative estimate of drug-likeness (QED) is 0.236. The molecule has 0 atom stereocenters. The van der Waals surface area contributed by atoms with Crippen LogP contribution in [0.15, 0.2) is 56.2 Å². The van der Waals surface area contributed by atoms with E-state index in [0.29, 0.717) is 22.9 Å². The number of nitrogens with zero attached hydrogens (tertiary/aromatic N) is 3. The van der Waals surface area contributed by atoms with Crippen molar-refractivity contribution in [2.75, 3.05) is 12.4 Å². The number of carbonyl (C=O) groups excluding carboxylic acids is 1. The van der Waals surface area contributed by atoms with Crippen LogP contribution >= 0.6 is 46.5 Å². The van der Waals surface area contributed by atoms with Crippen LogP contribution < -0.4 is 10.2 Å². The average Bonchev–Trinajstić information content (AvgIpc) is 3.22. The fourth-order valence-electron chi connectivity index (χ4n) is 2.26.